The predicted molar refractivity (Wildman–Crippen MR) is 105 cm³/mol. The quantitative estimate of drug-likeness (QED) is 0.656. The number of rotatable bonds is 8. The second-order valence-corrected chi connectivity index (χ2v) is 6.95. The van der Waals surface area contributed by atoms with Gasteiger partial charge in [-0.25, -0.2) is 0 Å². The molecule has 0 atom stereocenters. The lowest BCUT2D eigenvalue weighted by Gasteiger charge is -2.36. The number of carbonyl (C=O) groups is 3. The van der Waals surface area contributed by atoms with Crippen molar-refractivity contribution in [2.45, 2.75) is 0 Å². The number of hydrogen-bond donors (Lipinski definition) is 1. The minimum Gasteiger partial charge on any atom is -0.497 e. The van der Waals surface area contributed by atoms with Crippen molar-refractivity contribution in [2.75, 3.05) is 71.9 Å². The van der Waals surface area contributed by atoms with E-state index in [1.54, 1.807) is 41.2 Å². The number of anilines is 1. The van der Waals surface area contributed by atoms with Crippen molar-refractivity contribution >= 4 is 23.5 Å². The normalized spacial score (nSPS) is 14.1. The van der Waals surface area contributed by atoms with Gasteiger partial charge >= 0.3 is 5.97 Å². The lowest BCUT2D eigenvalue weighted by Crippen LogP contribution is -2.54. The fourth-order valence-electron chi connectivity index (χ4n) is 3.03. The van der Waals surface area contributed by atoms with Crippen LogP contribution in [-0.2, 0) is 14.4 Å². The summed E-state index contributed by atoms with van der Waals surface area (Å²) in [4.78, 5) is 42.8. The summed E-state index contributed by atoms with van der Waals surface area (Å²) in [6.45, 7) is 1.89. The lowest BCUT2D eigenvalue weighted by molar-refractivity contribution is -0.139. The van der Waals surface area contributed by atoms with Gasteiger partial charge in [0, 0.05) is 31.9 Å². The summed E-state index contributed by atoms with van der Waals surface area (Å²) in [6.07, 6.45) is 0. The molecule has 1 heterocycles. The largest absolute Gasteiger partial charge is 0.497 e. The summed E-state index contributed by atoms with van der Waals surface area (Å²) in [5.74, 6) is -0.466. The van der Waals surface area contributed by atoms with Gasteiger partial charge in [-0.3, -0.25) is 14.4 Å². The number of hydrogen-bond acceptors (Lipinski definition) is 6. The number of benzene rings is 1. The van der Waals surface area contributed by atoms with Crippen molar-refractivity contribution in [1.29, 1.82) is 0 Å². The Bertz CT molecular complexity index is 684. The van der Waals surface area contributed by atoms with Gasteiger partial charge in [-0.15, -0.1) is 0 Å². The molecular formula is C19H28N4O5. The summed E-state index contributed by atoms with van der Waals surface area (Å²) in [5, 5.41) is 9.20. The molecule has 0 bridgehead atoms. The summed E-state index contributed by atoms with van der Waals surface area (Å²) in [5.41, 5.74) is 0.636. The maximum absolute atomic E-state index is 12.7. The fraction of sp³-hybridized carbons (Fsp3) is 0.526. The molecule has 0 aliphatic carbocycles. The lowest BCUT2D eigenvalue weighted by atomic mass is 10.2. The van der Waals surface area contributed by atoms with E-state index in [1.807, 2.05) is 19.0 Å². The van der Waals surface area contributed by atoms with Crippen LogP contribution in [0.5, 0.6) is 5.75 Å². The zero-order valence-electron chi connectivity index (χ0n) is 16.6. The predicted octanol–water partition coefficient (Wildman–Crippen LogP) is -0.181. The molecule has 9 heteroatoms. The van der Waals surface area contributed by atoms with Gasteiger partial charge in [-0.2, -0.15) is 0 Å². The van der Waals surface area contributed by atoms with Gasteiger partial charge in [0.05, 0.1) is 20.2 Å². The molecule has 9 nitrogen and oxygen atoms in total. The molecule has 0 aromatic heterocycles. The summed E-state index contributed by atoms with van der Waals surface area (Å²) in [6, 6.07) is 6.91. The molecule has 1 aliphatic rings. The van der Waals surface area contributed by atoms with Crippen LogP contribution in [0.2, 0.25) is 0 Å². The number of amides is 2. The second-order valence-electron chi connectivity index (χ2n) is 6.95. The van der Waals surface area contributed by atoms with Crippen LogP contribution in [0.1, 0.15) is 0 Å². The standard InChI is InChI=1S/C19H28N4O5/c1-20(2)12-17(24)21-8-10-22(11-9-21)18(25)13-23(14-19(26)27)15-4-6-16(28-3)7-5-15/h4-7H,8-14H2,1-3H3,(H,26,27). The van der Waals surface area contributed by atoms with Gasteiger partial charge in [-0.1, -0.05) is 0 Å². The highest BCUT2D eigenvalue weighted by Crippen LogP contribution is 2.19. The third-order valence-corrected chi connectivity index (χ3v) is 4.53. The first-order valence-electron chi connectivity index (χ1n) is 9.11. The molecule has 28 heavy (non-hydrogen) atoms. The van der Waals surface area contributed by atoms with E-state index in [-0.39, 0.29) is 24.9 Å². The van der Waals surface area contributed by atoms with Gasteiger partial charge in [0.1, 0.15) is 12.3 Å². The van der Waals surface area contributed by atoms with Crippen LogP contribution in [0.3, 0.4) is 0 Å². The van der Waals surface area contributed by atoms with Gasteiger partial charge in [0.25, 0.3) is 0 Å². The average Bonchev–Trinajstić information content (AvgIpc) is 2.66. The zero-order chi connectivity index (χ0) is 20.7. The first-order chi connectivity index (χ1) is 13.3. The van der Waals surface area contributed by atoms with Gasteiger partial charge in [0.15, 0.2) is 0 Å². The Kier molecular flexibility index (Phi) is 7.62. The molecule has 154 valence electrons. The molecule has 1 aromatic rings. The number of methoxy groups -OCH3 is 1. The molecule has 2 amide bonds. The van der Waals surface area contributed by atoms with Gasteiger partial charge in [0.2, 0.25) is 11.8 Å². The topological polar surface area (TPSA) is 93.6 Å². The summed E-state index contributed by atoms with van der Waals surface area (Å²) < 4.78 is 5.11. The molecule has 0 unspecified atom stereocenters. The van der Waals surface area contributed by atoms with Crippen molar-refractivity contribution in [3.63, 3.8) is 0 Å². The number of ether oxygens (including phenoxy) is 1. The highest BCUT2D eigenvalue weighted by Gasteiger charge is 2.26. The first-order valence-corrected chi connectivity index (χ1v) is 9.11. The van der Waals surface area contributed by atoms with E-state index in [9.17, 15) is 19.5 Å². The molecular weight excluding hydrogens is 364 g/mol. The highest BCUT2D eigenvalue weighted by molar-refractivity contribution is 5.84. The summed E-state index contributed by atoms with van der Waals surface area (Å²) in [7, 11) is 5.23. The Labute approximate surface area is 165 Å². The highest BCUT2D eigenvalue weighted by atomic mass is 16.5. The van der Waals surface area contributed by atoms with E-state index in [4.69, 9.17) is 4.74 Å². The number of piperazine rings is 1. The van der Waals surface area contributed by atoms with Crippen LogP contribution in [0.25, 0.3) is 0 Å². The van der Waals surface area contributed by atoms with E-state index in [2.05, 4.69) is 0 Å². The molecule has 1 fully saturated rings. The molecule has 0 radical (unpaired) electrons. The van der Waals surface area contributed by atoms with E-state index in [0.29, 0.717) is 44.2 Å². The smallest absolute Gasteiger partial charge is 0.323 e. The van der Waals surface area contributed by atoms with Crippen LogP contribution in [0.4, 0.5) is 5.69 Å². The Hall–Kier alpha value is -2.81. The maximum Gasteiger partial charge on any atom is 0.323 e. The SMILES string of the molecule is COc1ccc(N(CC(=O)O)CC(=O)N2CCN(C(=O)CN(C)C)CC2)cc1. The Balaban J connectivity index is 1.96. The minimum atomic E-state index is -1.01. The van der Waals surface area contributed by atoms with Crippen LogP contribution < -0.4 is 9.64 Å². The van der Waals surface area contributed by atoms with E-state index in [1.165, 1.54) is 4.90 Å². The van der Waals surface area contributed by atoms with Gasteiger partial charge in [-0.05, 0) is 38.4 Å². The van der Waals surface area contributed by atoms with Crippen molar-refractivity contribution < 1.29 is 24.2 Å². The summed E-state index contributed by atoms with van der Waals surface area (Å²) >= 11 is 0. The van der Waals surface area contributed by atoms with Crippen molar-refractivity contribution in [1.82, 2.24) is 14.7 Å². The number of nitrogens with zero attached hydrogens (tertiary/aromatic N) is 4. The molecule has 1 aliphatic heterocycles. The van der Waals surface area contributed by atoms with Crippen LogP contribution in [0, 0.1) is 0 Å². The van der Waals surface area contributed by atoms with Crippen molar-refractivity contribution in [2.24, 2.45) is 0 Å². The third-order valence-electron chi connectivity index (χ3n) is 4.53. The number of carboxylic acid groups (broad SMARTS) is 1. The maximum atomic E-state index is 12.7. The molecule has 1 saturated heterocycles. The molecule has 0 saturated carbocycles. The number of aliphatic carboxylic acids is 1. The Morgan fingerprint density at radius 2 is 1.43 bits per heavy atom. The first kappa shape index (κ1) is 21.5. The Morgan fingerprint density at radius 1 is 0.929 bits per heavy atom. The monoisotopic (exact) mass is 392 g/mol. The van der Waals surface area contributed by atoms with Crippen LogP contribution >= 0.6 is 0 Å². The Morgan fingerprint density at radius 3 is 1.86 bits per heavy atom. The van der Waals surface area contributed by atoms with Crippen molar-refractivity contribution in [3.8, 4) is 5.75 Å². The fourth-order valence-corrected chi connectivity index (χ4v) is 3.03. The van der Waals surface area contributed by atoms with E-state index in [0.717, 1.165) is 0 Å². The number of carbonyl (C=O) groups excluding carboxylic acids is 2. The minimum absolute atomic E-state index is 0.0374. The van der Waals surface area contributed by atoms with Crippen LogP contribution in [0.15, 0.2) is 24.3 Å². The molecule has 1 N–H and O–H groups in total. The van der Waals surface area contributed by atoms with Gasteiger partial charge < -0.3 is 29.4 Å². The van der Waals surface area contributed by atoms with Crippen molar-refractivity contribution in [3.05, 3.63) is 24.3 Å². The average molecular weight is 392 g/mol. The third kappa shape index (κ3) is 6.12. The van der Waals surface area contributed by atoms with E-state index >= 15 is 0 Å². The second kappa shape index (κ2) is 9.93. The molecule has 2 rings (SSSR count). The number of likely N-dealkylation sites (N-methyl/N-ethyl adjacent to an activating group) is 1. The zero-order valence-corrected chi connectivity index (χ0v) is 16.6. The van der Waals surface area contributed by atoms with Crippen LogP contribution in [-0.4, -0.2) is 105 Å². The number of carboxylic acids is 1. The van der Waals surface area contributed by atoms with E-state index < -0.39 is 5.97 Å². The molecule has 0 spiro atoms. The molecule has 1 aromatic carbocycles.